The normalized spacial score (nSPS) is 19.6. The van der Waals surface area contributed by atoms with E-state index >= 15 is 0 Å². The maximum atomic E-state index is 10.7. The fourth-order valence-electron chi connectivity index (χ4n) is 2.41. The van der Waals surface area contributed by atoms with Gasteiger partial charge in [0.2, 0.25) is 0 Å². The number of carboxylic acid groups (broad SMARTS) is 2. The number of nitrogens with zero attached hydrogens (tertiary/aromatic N) is 1. The van der Waals surface area contributed by atoms with Crippen molar-refractivity contribution in [2.24, 2.45) is 5.92 Å². The molecule has 0 aliphatic heterocycles. The molecule has 25 heavy (non-hydrogen) atoms. The van der Waals surface area contributed by atoms with Crippen LogP contribution in [0.15, 0.2) is 13.2 Å². The minimum Gasteiger partial charge on any atom is -0.677 e. The van der Waals surface area contributed by atoms with Crippen molar-refractivity contribution in [3.05, 3.63) is 25.8 Å². The van der Waals surface area contributed by atoms with Gasteiger partial charge in [-0.05, 0) is 13.1 Å². The Balaban J connectivity index is -0.000000159. The quantitative estimate of drug-likeness (QED) is 0.391. The molecule has 0 amide bonds. The van der Waals surface area contributed by atoms with Gasteiger partial charge in [-0.25, -0.2) is 0 Å². The van der Waals surface area contributed by atoms with Gasteiger partial charge in [0.15, 0.2) is 0 Å². The van der Waals surface area contributed by atoms with E-state index in [9.17, 15) is 9.59 Å². The average Bonchev–Trinajstić information content (AvgIpc) is 2.52. The molecular formula is C18H36N2O4Pt. The second-order valence-corrected chi connectivity index (χ2v) is 5.32. The molecule has 1 aliphatic carbocycles. The van der Waals surface area contributed by atoms with E-state index < -0.39 is 18.0 Å². The van der Waals surface area contributed by atoms with Crippen LogP contribution in [0.2, 0.25) is 0 Å². The van der Waals surface area contributed by atoms with Gasteiger partial charge in [-0.3, -0.25) is 14.5 Å². The largest absolute Gasteiger partial charge is 2.00 e. The van der Waals surface area contributed by atoms with Crippen LogP contribution in [0.25, 0.3) is 5.73 Å². The van der Waals surface area contributed by atoms with Crippen LogP contribution >= 0.6 is 0 Å². The Labute approximate surface area is 168 Å². The number of hydrogen-bond acceptors (Lipinski definition) is 3. The van der Waals surface area contributed by atoms with Crippen molar-refractivity contribution in [3.8, 4) is 0 Å². The zero-order valence-corrected chi connectivity index (χ0v) is 17.0. The number of carbonyl (C=O) groups is 2. The minimum atomic E-state index is -1.08. The molecule has 152 valence electrons. The topological polar surface area (TPSA) is 102 Å². The Bertz CT molecular complexity index is 329. The van der Waals surface area contributed by atoms with E-state index in [0.717, 1.165) is 6.42 Å². The first-order valence-electron chi connectivity index (χ1n) is 8.06. The average molecular weight is 540 g/mol. The van der Waals surface area contributed by atoms with Gasteiger partial charge in [0.25, 0.3) is 0 Å². The van der Waals surface area contributed by atoms with Crippen molar-refractivity contribution in [3.63, 3.8) is 0 Å². The predicted molar refractivity (Wildman–Crippen MR) is 100 cm³/mol. The van der Waals surface area contributed by atoms with Gasteiger partial charge >= 0.3 is 33.0 Å². The van der Waals surface area contributed by atoms with E-state index in [0.29, 0.717) is 19.0 Å². The number of hydrogen-bond donors (Lipinski definition) is 2. The molecule has 0 saturated heterocycles. The van der Waals surface area contributed by atoms with Crippen LogP contribution in [-0.4, -0.2) is 52.2 Å². The van der Waals surface area contributed by atoms with Gasteiger partial charge in [0, 0.05) is 0 Å². The van der Waals surface area contributed by atoms with Crippen LogP contribution in [0.1, 0.15) is 53.4 Å². The van der Waals surface area contributed by atoms with Crippen LogP contribution in [-0.2, 0) is 30.7 Å². The Hall–Kier alpha value is -0.712. The fourth-order valence-corrected chi connectivity index (χ4v) is 2.41. The maximum absolute atomic E-state index is 10.7. The third-order valence-corrected chi connectivity index (χ3v) is 3.82. The summed E-state index contributed by atoms with van der Waals surface area (Å²) >= 11 is 0. The van der Waals surface area contributed by atoms with Crippen LogP contribution in [0.4, 0.5) is 0 Å². The van der Waals surface area contributed by atoms with E-state index in [1.807, 2.05) is 0 Å². The fraction of sp³-hybridized carbons (Fsp3) is 0.722. The SMILES string of the molecule is C.C=C.CCN(CC)C(CC(=O)O)C(=O)O.[CH2-]C1CCCCC1[NH-].[Pt+2]. The van der Waals surface area contributed by atoms with Crippen molar-refractivity contribution in [1.29, 1.82) is 0 Å². The molecule has 3 unspecified atom stereocenters. The molecule has 3 atom stereocenters. The molecule has 3 N–H and O–H groups in total. The monoisotopic (exact) mass is 539 g/mol. The molecule has 0 radical (unpaired) electrons. The van der Waals surface area contributed by atoms with Gasteiger partial charge in [-0.2, -0.15) is 12.0 Å². The maximum Gasteiger partial charge on any atom is 2.00 e. The molecule has 6 nitrogen and oxygen atoms in total. The predicted octanol–water partition coefficient (Wildman–Crippen LogP) is 4.12. The molecule has 0 heterocycles. The Morgan fingerprint density at radius 2 is 1.64 bits per heavy atom. The van der Waals surface area contributed by atoms with E-state index in [2.05, 4.69) is 20.1 Å². The molecule has 0 aromatic heterocycles. The summed E-state index contributed by atoms with van der Waals surface area (Å²) in [5.74, 6) is -1.74. The summed E-state index contributed by atoms with van der Waals surface area (Å²) in [5.41, 5.74) is 7.42. The van der Waals surface area contributed by atoms with Gasteiger partial charge in [0.1, 0.15) is 6.04 Å². The van der Waals surface area contributed by atoms with E-state index in [1.165, 1.54) is 19.3 Å². The molecule has 0 aromatic rings. The van der Waals surface area contributed by atoms with E-state index in [4.69, 9.17) is 15.9 Å². The number of aliphatic carboxylic acids is 2. The molecule has 1 fully saturated rings. The Kier molecular flexibility index (Phi) is 25.1. The summed E-state index contributed by atoms with van der Waals surface area (Å²) < 4.78 is 0. The van der Waals surface area contributed by atoms with Crippen LogP contribution in [0.3, 0.4) is 0 Å². The summed E-state index contributed by atoms with van der Waals surface area (Å²) in [7, 11) is 0. The molecule has 1 rings (SSSR count). The summed E-state index contributed by atoms with van der Waals surface area (Å²) in [5, 5.41) is 17.2. The van der Waals surface area contributed by atoms with E-state index in [1.54, 1.807) is 18.7 Å². The zero-order valence-electron chi connectivity index (χ0n) is 14.8. The third kappa shape index (κ3) is 15.3. The third-order valence-electron chi connectivity index (χ3n) is 3.82. The first-order chi connectivity index (χ1) is 10.8. The molecule has 1 aliphatic rings. The Morgan fingerprint density at radius 3 is 1.88 bits per heavy atom. The van der Waals surface area contributed by atoms with Crippen LogP contribution in [0.5, 0.6) is 0 Å². The van der Waals surface area contributed by atoms with Gasteiger partial charge in [-0.1, -0.05) is 47.0 Å². The van der Waals surface area contributed by atoms with E-state index in [-0.39, 0.29) is 41.0 Å². The number of nitrogens with one attached hydrogen (secondary N) is 1. The molecular weight excluding hydrogens is 503 g/mol. The smallest absolute Gasteiger partial charge is 0.677 e. The second kappa shape index (κ2) is 19.6. The Morgan fingerprint density at radius 1 is 1.20 bits per heavy atom. The first kappa shape index (κ1) is 32.0. The first-order valence-corrected chi connectivity index (χ1v) is 8.06. The van der Waals surface area contributed by atoms with Gasteiger partial charge < -0.3 is 22.9 Å². The van der Waals surface area contributed by atoms with Crippen molar-refractivity contribution in [2.75, 3.05) is 13.1 Å². The van der Waals surface area contributed by atoms with Crippen molar-refractivity contribution in [2.45, 2.75) is 65.5 Å². The van der Waals surface area contributed by atoms with Crippen molar-refractivity contribution >= 4 is 11.9 Å². The van der Waals surface area contributed by atoms with Crippen LogP contribution < -0.4 is 0 Å². The standard InChI is InChI=1S/C8H15NO4.C7H13N.C2H4.CH4.Pt/c1-3-9(4-2)6(8(12)13)5-7(10)11;1-6-4-2-3-5-7(6)8;1-2;;/h6H,3-5H2,1-2H3,(H,10,11)(H,12,13);6-8H,1-5H2;1-2H2;1H4;/q;-2;;;+2. The van der Waals surface area contributed by atoms with Crippen molar-refractivity contribution in [1.82, 2.24) is 4.90 Å². The van der Waals surface area contributed by atoms with Gasteiger partial charge in [0.05, 0.1) is 6.42 Å². The molecule has 0 aromatic carbocycles. The number of likely N-dealkylation sites (N-methyl/N-ethyl adjacent to an activating group) is 1. The summed E-state index contributed by atoms with van der Waals surface area (Å²) in [6.07, 6.45) is 4.45. The summed E-state index contributed by atoms with van der Waals surface area (Å²) in [4.78, 5) is 22.7. The number of rotatable bonds is 6. The van der Waals surface area contributed by atoms with Crippen LogP contribution in [0, 0.1) is 12.8 Å². The summed E-state index contributed by atoms with van der Waals surface area (Å²) in [6, 6.07) is -0.767. The zero-order chi connectivity index (χ0) is 18.4. The molecule has 0 bridgehead atoms. The molecule has 7 heteroatoms. The van der Waals surface area contributed by atoms with Crippen molar-refractivity contribution < 1.29 is 40.9 Å². The summed E-state index contributed by atoms with van der Waals surface area (Å²) in [6.45, 7) is 14.6. The molecule has 0 spiro atoms. The number of carboxylic acids is 2. The molecule has 1 saturated carbocycles. The second-order valence-electron chi connectivity index (χ2n) is 5.32. The van der Waals surface area contributed by atoms with Gasteiger partial charge in [-0.15, -0.1) is 13.2 Å². The minimum absolute atomic E-state index is 0.